The summed E-state index contributed by atoms with van der Waals surface area (Å²) in [7, 11) is 0. The Hall–Kier alpha value is 0.812. The van der Waals surface area contributed by atoms with Crippen LogP contribution in [0.25, 0.3) is 0 Å². The van der Waals surface area contributed by atoms with Gasteiger partial charge >= 0.3 is 0 Å². The summed E-state index contributed by atoms with van der Waals surface area (Å²) in [4.78, 5) is 0. The van der Waals surface area contributed by atoms with Gasteiger partial charge in [0, 0.05) is 31.1 Å². The van der Waals surface area contributed by atoms with Crippen molar-refractivity contribution in [1.82, 2.24) is 0 Å². The van der Waals surface area contributed by atoms with Crippen molar-refractivity contribution in [1.29, 1.82) is 0 Å². The third kappa shape index (κ3) is 19600. The van der Waals surface area contributed by atoms with Crippen LogP contribution in [0, 0.1) is 31.1 Å². The van der Waals surface area contributed by atoms with E-state index in [4.69, 9.17) is 0 Å². The zero-order valence-electron chi connectivity index (χ0n) is 18.4. The minimum atomic E-state index is -0.417. The monoisotopic (exact) mass is 592 g/mol. The first kappa shape index (κ1) is 44.9. The van der Waals surface area contributed by atoms with Crippen molar-refractivity contribution in [2.75, 3.05) is 0 Å². The largest absolute Gasteiger partial charge is 0.852 e. The summed E-state index contributed by atoms with van der Waals surface area (Å²) in [5.74, 6) is 0. The van der Waals surface area contributed by atoms with Crippen LogP contribution in [-0.2, 0) is 0 Å². The molecule has 0 heterocycles. The van der Waals surface area contributed by atoms with Crippen LogP contribution in [0.15, 0.2) is 0 Å². The molecule has 0 atom stereocenters. The van der Waals surface area contributed by atoms with Crippen molar-refractivity contribution in [3.63, 3.8) is 0 Å². The Morgan fingerprint density at radius 2 is 0.280 bits per heavy atom. The molecule has 160 valence electrons. The molecule has 25 heavy (non-hydrogen) atoms. The molecule has 0 fully saturated rings. The topological polar surface area (TPSA) is 138 Å². The molecule has 0 saturated heterocycles. The first-order chi connectivity index (χ1) is 10.4. The third-order valence-corrected chi connectivity index (χ3v) is 0. The smallest absolute Gasteiger partial charge is 0 e. The first-order valence-corrected chi connectivity index (χ1v) is 8.34. The van der Waals surface area contributed by atoms with Crippen LogP contribution in [-0.4, -0.2) is 36.6 Å². The van der Waals surface area contributed by atoms with E-state index >= 15 is 0 Å². The zero-order chi connectivity index (χ0) is 21.5. The number of hydrogen-bond acceptors (Lipinski definition) is 6. The summed E-state index contributed by atoms with van der Waals surface area (Å²) >= 11 is 0. The number of hydrogen-bond donors (Lipinski definition) is 0. The summed E-state index contributed by atoms with van der Waals surface area (Å²) < 4.78 is 0. The summed E-state index contributed by atoms with van der Waals surface area (Å²) in [6.07, 6.45) is -2.50. The van der Waals surface area contributed by atoms with E-state index in [2.05, 4.69) is 0 Å². The summed E-state index contributed by atoms with van der Waals surface area (Å²) in [6, 6.07) is 0. The Bertz CT molecular complexity index is 101. The van der Waals surface area contributed by atoms with E-state index in [9.17, 15) is 30.6 Å². The molecule has 0 aliphatic heterocycles. The average molecular weight is 593 g/mol. The van der Waals surface area contributed by atoms with Gasteiger partial charge in [0.2, 0.25) is 0 Å². The van der Waals surface area contributed by atoms with E-state index in [0.717, 1.165) is 0 Å². The van der Waals surface area contributed by atoms with Crippen LogP contribution in [0.2, 0.25) is 0 Å². The predicted octanol–water partition coefficient (Wildman–Crippen LogP) is -1.47. The summed E-state index contributed by atoms with van der Waals surface area (Å²) in [5, 5.41) is 57.2. The van der Waals surface area contributed by atoms with Crippen molar-refractivity contribution in [2.24, 2.45) is 0 Å². The minimum Gasteiger partial charge on any atom is -0.852 e. The molecular weight excluding hydrogens is 550 g/mol. The molecule has 0 rings (SSSR count). The Kier molecular flexibility index (Phi) is 71.4. The van der Waals surface area contributed by atoms with E-state index < -0.39 is 36.6 Å². The Labute approximate surface area is 181 Å². The first-order valence-electron chi connectivity index (χ1n) is 8.34. The molecule has 0 aliphatic rings. The summed E-state index contributed by atoms with van der Waals surface area (Å²) in [6.45, 7) is 19.3. The van der Waals surface area contributed by atoms with Gasteiger partial charge in [0.1, 0.15) is 0 Å². The normalized spacial score (nSPS) is 8.64. The Morgan fingerprint density at radius 1 is 0.280 bits per heavy atom. The minimum absolute atomic E-state index is 0. The quantitative estimate of drug-likeness (QED) is 0.337. The molecule has 0 saturated carbocycles. The number of rotatable bonds is 0. The standard InChI is InChI=1S/6C3H7O.U/c6*1-3(2)4;/h6*3H,1-2H3;/q6*-1;. The third-order valence-electron chi connectivity index (χ3n) is 0. The van der Waals surface area contributed by atoms with Gasteiger partial charge in [0.25, 0.3) is 0 Å². The van der Waals surface area contributed by atoms with Crippen molar-refractivity contribution in [3.05, 3.63) is 0 Å². The van der Waals surface area contributed by atoms with E-state index in [1.807, 2.05) is 0 Å². The van der Waals surface area contributed by atoms with Gasteiger partial charge in [-0.2, -0.15) is 0 Å². The van der Waals surface area contributed by atoms with Crippen LogP contribution in [0.5, 0.6) is 0 Å². The second-order valence-electron chi connectivity index (χ2n) is 6.29. The zero-order valence-corrected chi connectivity index (χ0v) is 22.6. The molecule has 6 nitrogen and oxygen atoms in total. The maximum absolute atomic E-state index is 9.53. The fraction of sp³-hybridized carbons (Fsp3) is 1.00. The van der Waals surface area contributed by atoms with Crippen LogP contribution >= 0.6 is 0 Å². The van der Waals surface area contributed by atoms with Crippen LogP contribution in [0.3, 0.4) is 0 Å². The van der Waals surface area contributed by atoms with Crippen molar-refractivity contribution < 1.29 is 61.8 Å². The van der Waals surface area contributed by atoms with Crippen molar-refractivity contribution in [3.8, 4) is 0 Å². The molecule has 0 amide bonds. The second-order valence-corrected chi connectivity index (χ2v) is 6.29. The second kappa shape index (κ2) is 39.8. The molecule has 0 bridgehead atoms. The Balaban J connectivity index is -0.0000000309. The molecule has 0 aromatic heterocycles. The molecule has 0 aromatic rings. The van der Waals surface area contributed by atoms with E-state index in [-0.39, 0.29) is 31.1 Å². The van der Waals surface area contributed by atoms with E-state index in [0.29, 0.717) is 0 Å². The molecule has 0 aliphatic carbocycles. The molecule has 7 heteroatoms. The van der Waals surface area contributed by atoms with Gasteiger partial charge in [0.05, 0.1) is 0 Å². The maximum atomic E-state index is 9.53. The van der Waals surface area contributed by atoms with Gasteiger partial charge in [0.15, 0.2) is 0 Å². The Morgan fingerprint density at radius 3 is 0.280 bits per heavy atom. The van der Waals surface area contributed by atoms with Gasteiger partial charge in [-0.05, 0) is 0 Å². The maximum Gasteiger partial charge on any atom is 0 e. The van der Waals surface area contributed by atoms with Gasteiger partial charge in [-0.1, -0.05) is 83.1 Å². The van der Waals surface area contributed by atoms with Gasteiger partial charge < -0.3 is 30.6 Å². The molecule has 0 unspecified atom stereocenters. The van der Waals surface area contributed by atoms with Crippen LogP contribution in [0.4, 0.5) is 0 Å². The molecule has 0 aromatic carbocycles. The predicted molar refractivity (Wildman–Crippen MR) is 90.8 cm³/mol. The van der Waals surface area contributed by atoms with Crippen molar-refractivity contribution >= 4 is 0 Å². The van der Waals surface area contributed by atoms with Crippen molar-refractivity contribution in [2.45, 2.75) is 120 Å². The molecule has 0 radical (unpaired) electrons. The molecule has 0 spiro atoms. The summed E-state index contributed by atoms with van der Waals surface area (Å²) in [5.41, 5.74) is 0. The van der Waals surface area contributed by atoms with Crippen LogP contribution < -0.4 is 30.6 Å². The fourth-order valence-electron chi connectivity index (χ4n) is 0. The molecule has 0 N–H and O–H groups in total. The van der Waals surface area contributed by atoms with Gasteiger partial charge in [-0.15, -0.1) is 36.6 Å². The van der Waals surface area contributed by atoms with Gasteiger partial charge in [-0.3, -0.25) is 0 Å². The fourth-order valence-corrected chi connectivity index (χ4v) is 0. The van der Waals surface area contributed by atoms with E-state index in [1.165, 1.54) is 0 Å². The van der Waals surface area contributed by atoms with E-state index in [1.54, 1.807) is 83.1 Å². The van der Waals surface area contributed by atoms with Gasteiger partial charge in [-0.25, -0.2) is 0 Å². The molecular formula is C18H42O6U-6. The van der Waals surface area contributed by atoms with Crippen LogP contribution in [0.1, 0.15) is 83.1 Å². The SMILES string of the molecule is CC(C)[O-].CC(C)[O-].CC(C)[O-].CC(C)[O-].CC(C)[O-].CC(C)[O-].[U]. The average Bonchev–Trinajstić information content (AvgIpc) is 2.08.